The van der Waals surface area contributed by atoms with Crippen LogP contribution in [0.15, 0.2) is 24.3 Å². The number of fused-ring (bicyclic) bond motifs is 1. The summed E-state index contributed by atoms with van der Waals surface area (Å²) >= 11 is 0. The Hall–Kier alpha value is -1.84. The second kappa shape index (κ2) is 4.57. The van der Waals surface area contributed by atoms with E-state index >= 15 is 0 Å². The van der Waals surface area contributed by atoms with Gasteiger partial charge in [0.25, 0.3) is 0 Å². The van der Waals surface area contributed by atoms with Gasteiger partial charge in [-0.05, 0) is 18.1 Å². The van der Waals surface area contributed by atoms with Crippen LogP contribution in [0.4, 0.5) is 0 Å². The Morgan fingerprint density at radius 3 is 2.76 bits per heavy atom. The molecular formula is C13H14O4. The predicted octanol–water partition coefficient (Wildman–Crippen LogP) is 2.19. The number of hydrogen-bond donors (Lipinski definition) is 1. The summed E-state index contributed by atoms with van der Waals surface area (Å²) in [5.41, 5.74) is 0.932. The van der Waals surface area contributed by atoms with Crippen LogP contribution in [0.2, 0.25) is 0 Å². The fraction of sp³-hybridized carbons (Fsp3) is 0.385. The quantitative estimate of drug-likeness (QED) is 0.814. The highest BCUT2D eigenvalue weighted by Gasteiger charge is 2.39. The molecule has 4 heteroatoms. The van der Waals surface area contributed by atoms with Gasteiger partial charge in [0.2, 0.25) is 0 Å². The van der Waals surface area contributed by atoms with Gasteiger partial charge in [-0.1, -0.05) is 31.5 Å². The SMILES string of the molecule is CCC[C@@H]1OC(=O)c2ccccc2[C@H]1C(=O)O. The molecule has 0 unspecified atom stereocenters. The molecule has 2 rings (SSSR count). The van der Waals surface area contributed by atoms with Crippen molar-refractivity contribution in [3.63, 3.8) is 0 Å². The molecule has 0 aromatic heterocycles. The minimum Gasteiger partial charge on any atom is -0.481 e. The normalized spacial score (nSPS) is 22.8. The standard InChI is InChI=1S/C13H14O4/c1-2-5-10-11(12(14)15)8-6-3-4-7-9(8)13(16)17-10/h3-4,6-7,10-11H,2,5H2,1H3,(H,14,15)/t10-,11+/m0/s1. The first kappa shape index (κ1) is 11.6. The highest BCUT2D eigenvalue weighted by atomic mass is 16.5. The number of benzene rings is 1. The van der Waals surface area contributed by atoms with E-state index < -0.39 is 24.0 Å². The fourth-order valence-electron chi connectivity index (χ4n) is 2.23. The van der Waals surface area contributed by atoms with Crippen LogP contribution >= 0.6 is 0 Å². The molecule has 1 aromatic rings. The maximum Gasteiger partial charge on any atom is 0.338 e. The summed E-state index contributed by atoms with van der Waals surface area (Å²) in [6.07, 6.45) is 0.793. The minimum absolute atomic E-state index is 0.368. The Balaban J connectivity index is 2.46. The third kappa shape index (κ3) is 2.02. The van der Waals surface area contributed by atoms with Gasteiger partial charge in [0.05, 0.1) is 5.56 Å². The predicted molar refractivity (Wildman–Crippen MR) is 60.9 cm³/mol. The fourth-order valence-corrected chi connectivity index (χ4v) is 2.23. The number of ether oxygens (including phenoxy) is 1. The van der Waals surface area contributed by atoms with Gasteiger partial charge < -0.3 is 9.84 Å². The summed E-state index contributed by atoms with van der Waals surface area (Å²) < 4.78 is 5.21. The van der Waals surface area contributed by atoms with E-state index in [-0.39, 0.29) is 0 Å². The van der Waals surface area contributed by atoms with Crippen LogP contribution in [-0.2, 0) is 9.53 Å². The smallest absolute Gasteiger partial charge is 0.338 e. The number of carbonyl (C=O) groups is 2. The van der Waals surface area contributed by atoms with Crippen LogP contribution < -0.4 is 0 Å². The summed E-state index contributed by atoms with van der Waals surface area (Å²) in [5.74, 6) is -2.11. The zero-order chi connectivity index (χ0) is 12.4. The number of hydrogen-bond acceptors (Lipinski definition) is 3. The van der Waals surface area contributed by atoms with E-state index in [1.54, 1.807) is 24.3 Å². The molecule has 90 valence electrons. The van der Waals surface area contributed by atoms with Crippen LogP contribution in [-0.4, -0.2) is 23.1 Å². The highest BCUT2D eigenvalue weighted by molar-refractivity contribution is 5.95. The van der Waals surface area contributed by atoms with Crippen LogP contribution in [0.1, 0.15) is 41.6 Å². The molecule has 2 atom stereocenters. The molecule has 1 aliphatic rings. The first-order valence-corrected chi connectivity index (χ1v) is 5.68. The lowest BCUT2D eigenvalue weighted by atomic mass is 9.85. The second-order valence-corrected chi connectivity index (χ2v) is 4.14. The molecule has 1 aliphatic heterocycles. The molecule has 0 saturated carbocycles. The number of carboxylic acid groups (broad SMARTS) is 1. The first-order valence-electron chi connectivity index (χ1n) is 5.68. The first-order chi connectivity index (χ1) is 8.15. The number of carboxylic acids is 1. The average Bonchev–Trinajstić information content (AvgIpc) is 2.29. The molecule has 0 fully saturated rings. The lowest BCUT2D eigenvalue weighted by Crippen LogP contribution is -2.36. The topological polar surface area (TPSA) is 63.6 Å². The van der Waals surface area contributed by atoms with E-state index in [0.717, 1.165) is 6.42 Å². The third-order valence-corrected chi connectivity index (χ3v) is 2.99. The number of rotatable bonds is 3. The van der Waals surface area contributed by atoms with Crippen LogP contribution in [0.25, 0.3) is 0 Å². The second-order valence-electron chi connectivity index (χ2n) is 4.14. The van der Waals surface area contributed by atoms with Crippen molar-refractivity contribution in [1.82, 2.24) is 0 Å². The lowest BCUT2D eigenvalue weighted by Gasteiger charge is -2.30. The van der Waals surface area contributed by atoms with E-state index in [9.17, 15) is 14.7 Å². The van der Waals surface area contributed by atoms with Crippen molar-refractivity contribution in [2.45, 2.75) is 31.8 Å². The zero-order valence-corrected chi connectivity index (χ0v) is 9.55. The van der Waals surface area contributed by atoms with Crippen LogP contribution in [0, 0.1) is 0 Å². The number of carbonyl (C=O) groups excluding carboxylic acids is 1. The Morgan fingerprint density at radius 2 is 2.12 bits per heavy atom. The summed E-state index contributed by atoms with van der Waals surface area (Å²) in [6.45, 7) is 1.94. The van der Waals surface area contributed by atoms with E-state index in [2.05, 4.69) is 0 Å². The molecule has 17 heavy (non-hydrogen) atoms. The van der Waals surface area contributed by atoms with Gasteiger partial charge in [-0.3, -0.25) is 4.79 Å². The van der Waals surface area contributed by atoms with Crippen molar-refractivity contribution in [2.75, 3.05) is 0 Å². The van der Waals surface area contributed by atoms with Gasteiger partial charge in [0.1, 0.15) is 12.0 Å². The Bertz CT molecular complexity index is 452. The van der Waals surface area contributed by atoms with Gasteiger partial charge in [-0.2, -0.15) is 0 Å². The molecule has 0 aliphatic carbocycles. The molecule has 4 nitrogen and oxygen atoms in total. The number of esters is 1. The summed E-state index contributed by atoms with van der Waals surface area (Å²) in [7, 11) is 0. The van der Waals surface area contributed by atoms with Crippen molar-refractivity contribution in [2.24, 2.45) is 0 Å². The molecule has 0 spiro atoms. The van der Waals surface area contributed by atoms with E-state index in [4.69, 9.17) is 4.74 Å². The minimum atomic E-state index is -0.941. The van der Waals surface area contributed by atoms with E-state index in [1.165, 1.54) is 0 Å². The maximum atomic E-state index is 11.7. The van der Waals surface area contributed by atoms with Crippen molar-refractivity contribution in [3.05, 3.63) is 35.4 Å². The Labute approximate surface area is 99.2 Å². The van der Waals surface area contributed by atoms with Gasteiger partial charge in [0.15, 0.2) is 0 Å². The summed E-state index contributed by atoms with van der Waals surface area (Å²) in [5, 5.41) is 9.28. The largest absolute Gasteiger partial charge is 0.481 e. The molecule has 0 amide bonds. The van der Waals surface area contributed by atoms with E-state index in [0.29, 0.717) is 17.5 Å². The highest BCUT2D eigenvalue weighted by Crippen LogP contribution is 2.33. The Kier molecular flexibility index (Phi) is 3.13. The van der Waals surface area contributed by atoms with Gasteiger partial charge >= 0.3 is 11.9 Å². The van der Waals surface area contributed by atoms with Crippen molar-refractivity contribution < 1.29 is 19.4 Å². The Morgan fingerprint density at radius 1 is 1.41 bits per heavy atom. The molecule has 0 radical (unpaired) electrons. The summed E-state index contributed by atoms with van der Waals surface area (Å²) in [6, 6.07) is 6.75. The molecule has 1 aromatic carbocycles. The third-order valence-electron chi connectivity index (χ3n) is 2.99. The molecular weight excluding hydrogens is 220 g/mol. The molecule has 0 bridgehead atoms. The number of cyclic esters (lactones) is 1. The van der Waals surface area contributed by atoms with Crippen molar-refractivity contribution in [1.29, 1.82) is 0 Å². The molecule has 1 N–H and O–H groups in total. The van der Waals surface area contributed by atoms with Crippen LogP contribution in [0.5, 0.6) is 0 Å². The average molecular weight is 234 g/mol. The maximum absolute atomic E-state index is 11.7. The van der Waals surface area contributed by atoms with Crippen molar-refractivity contribution >= 4 is 11.9 Å². The van der Waals surface area contributed by atoms with Gasteiger partial charge in [-0.15, -0.1) is 0 Å². The number of aliphatic carboxylic acids is 1. The van der Waals surface area contributed by atoms with Crippen LogP contribution in [0.3, 0.4) is 0 Å². The molecule has 1 heterocycles. The zero-order valence-electron chi connectivity index (χ0n) is 9.55. The molecule has 0 saturated heterocycles. The summed E-state index contributed by atoms with van der Waals surface area (Å²) in [4.78, 5) is 23.0. The van der Waals surface area contributed by atoms with Crippen molar-refractivity contribution in [3.8, 4) is 0 Å². The van der Waals surface area contributed by atoms with Gasteiger partial charge in [-0.25, -0.2) is 4.79 Å². The monoisotopic (exact) mass is 234 g/mol. The van der Waals surface area contributed by atoms with Gasteiger partial charge in [0, 0.05) is 0 Å². The lowest BCUT2D eigenvalue weighted by molar-refractivity contribution is -0.142. The van der Waals surface area contributed by atoms with E-state index in [1.807, 2.05) is 6.92 Å².